The Labute approximate surface area is 60.3 Å². The summed E-state index contributed by atoms with van der Waals surface area (Å²) < 4.78 is 15.0. The molecule has 1 rings (SSSR count). The van der Waals surface area contributed by atoms with Gasteiger partial charge in [-0.25, -0.2) is 0 Å². The van der Waals surface area contributed by atoms with E-state index in [-0.39, 0.29) is 15.2 Å². The third kappa shape index (κ3) is 2.14. The topological polar surface area (TPSA) is 49.4 Å². The van der Waals surface area contributed by atoms with Crippen molar-refractivity contribution < 1.29 is 13.7 Å². The first kappa shape index (κ1) is 6.75. The summed E-state index contributed by atoms with van der Waals surface area (Å²) in [5.74, 6) is 0. The Morgan fingerprint density at radius 2 is 2.56 bits per heavy atom. The maximum atomic E-state index is 9.95. The van der Waals surface area contributed by atoms with E-state index in [1.165, 1.54) is 0 Å². The van der Waals surface area contributed by atoms with Crippen molar-refractivity contribution in [2.75, 3.05) is 0 Å². The van der Waals surface area contributed by atoms with Gasteiger partial charge in [-0.05, 0) is 0 Å². The van der Waals surface area contributed by atoms with E-state index in [9.17, 15) is 9.26 Å². The average Bonchev–Trinajstić information content (AvgIpc) is 2.15. The predicted molar refractivity (Wildman–Crippen MR) is 30.5 cm³/mol. The van der Waals surface area contributed by atoms with Gasteiger partial charge in [0.25, 0.3) is 0 Å². The van der Waals surface area contributed by atoms with Crippen molar-refractivity contribution in [1.82, 2.24) is 0 Å². The van der Waals surface area contributed by atoms with Crippen LogP contribution in [0.4, 0.5) is 0 Å². The van der Waals surface area contributed by atoms with Crippen LogP contribution in [0.25, 0.3) is 0 Å². The normalized spacial score (nSPS) is 13.6. The summed E-state index contributed by atoms with van der Waals surface area (Å²) in [5, 5.41) is 0. The van der Waals surface area contributed by atoms with Gasteiger partial charge >= 0.3 is 59.8 Å². The van der Waals surface area contributed by atoms with Crippen molar-refractivity contribution in [3.63, 3.8) is 0 Å². The molecule has 0 N–H and O–H groups in total. The second kappa shape index (κ2) is 2.97. The van der Waals surface area contributed by atoms with Gasteiger partial charge in [0.15, 0.2) is 0 Å². The zero-order valence-corrected chi connectivity index (χ0v) is 6.69. The quantitative estimate of drug-likeness (QED) is 0.472. The number of allylic oxidation sites excluding steroid dienone is 2. The van der Waals surface area contributed by atoms with Crippen LogP contribution < -0.4 is 4.80 Å². The van der Waals surface area contributed by atoms with Crippen LogP contribution in [-0.4, -0.2) is 24.4 Å². The van der Waals surface area contributed by atoms with E-state index in [1.807, 2.05) is 4.94 Å². The van der Waals surface area contributed by atoms with Crippen LogP contribution in [0, 0.1) is 0 Å². The van der Waals surface area contributed by atoms with Crippen LogP contribution in [0.1, 0.15) is 0 Å². The fourth-order valence-corrected chi connectivity index (χ4v) is 1.98. The average molecular weight is 154 g/mol. The fourth-order valence-electron chi connectivity index (χ4n) is 0.521. The first-order valence-corrected chi connectivity index (χ1v) is 4.86. The van der Waals surface area contributed by atoms with Crippen molar-refractivity contribution in [2.24, 2.45) is 0 Å². The maximum absolute atomic E-state index is 9.95. The van der Waals surface area contributed by atoms with Gasteiger partial charge in [0.1, 0.15) is 0 Å². The molecule has 5 heteroatoms. The zero-order valence-electron chi connectivity index (χ0n) is 4.53. The first-order valence-electron chi connectivity index (χ1n) is 2.39. The zero-order chi connectivity index (χ0) is 6.69. The number of hydrogen-bond donors (Lipinski definition) is 0. The minimum absolute atomic E-state index is 0.0627. The molecule has 0 unspecified atom stereocenters. The minimum atomic E-state index is -3.01. The van der Waals surface area contributed by atoms with Crippen LogP contribution >= 0.6 is 0 Å². The summed E-state index contributed by atoms with van der Waals surface area (Å²) in [5.41, 5.74) is 0. The molecule has 0 fully saturated rings. The molecule has 0 saturated carbocycles. The van der Waals surface area contributed by atoms with Crippen LogP contribution in [0.5, 0.6) is 0 Å². The predicted octanol–water partition coefficient (Wildman–Crippen LogP) is -1.15. The van der Waals surface area contributed by atoms with Crippen LogP contribution in [-0.2, 0) is 8.89 Å². The molecular weight excluding hydrogens is 151 g/mol. The Bertz CT molecular complexity index is 186. The monoisotopic (exact) mass is 154 g/mol. The number of rotatable bonds is 2. The number of hydrogen-bond acceptors (Lipinski definition) is 3. The van der Waals surface area contributed by atoms with Gasteiger partial charge in [0.2, 0.25) is 0 Å². The van der Waals surface area contributed by atoms with E-state index in [2.05, 4.69) is 4.43 Å². The van der Waals surface area contributed by atoms with Crippen molar-refractivity contribution in [2.45, 2.75) is 0 Å². The van der Waals surface area contributed by atoms with Gasteiger partial charge in [-0.15, -0.1) is 0 Å². The summed E-state index contributed by atoms with van der Waals surface area (Å²) in [7, 11) is -3.01. The Balaban J connectivity index is 2.39. The molecule has 0 bridgehead atoms. The third-order valence-electron chi connectivity index (χ3n) is 0.833. The van der Waals surface area contributed by atoms with Gasteiger partial charge in [0.05, 0.1) is 0 Å². The molecule has 1 aliphatic rings. The standard InChI is InChI=1S/C4H3O3Si.Al/c1-2-3-4-7-8(5)6;/h1-3H;/q-1;+1. The second-order valence-electron chi connectivity index (χ2n) is 1.47. The molecule has 0 saturated heterocycles. The van der Waals surface area contributed by atoms with Crippen LogP contribution in [0.15, 0.2) is 21.7 Å². The molecule has 0 radical (unpaired) electrons. The second-order valence-corrected chi connectivity index (χ2v) is 3.46. The van der Waals surface area contributed by atoms with E-state index in [1.54, 1.807) is 12.2 Å². The summed E-state index contributed by atoms with van der Waals surface area (Å²) >= 11 is -0.0627. The molecular formula is C4H3AlO3Si. The molecule has 0 aromatic carbocycles. The van der Waals surface area contributed by atoms with E-state index in [4.69, 9.17) is 0 Å². The molecule has 0 atom stereocenters. The fraction of sp³-hybridized carbons (Fsp3) is 0. The van der Waals surface area contributed by atoms with Crippen molar-refractivity contribution in [3.8, 4) is 0 Å². The Morgan fingerprint density at radius 3 is 3.00 bits per heavy atom. The molecule has 9 heavy (non-hydrogen) atoms. The molecule has 0 spiro atoms. The van der Waals surface area contributed by atoms with Gasteiger partial charge in [0, 0.05) is 0 Å². The molecule has 0 aromatic rings. The van der Waals surface area contributed by atoms with Crippen molar-refractivity contribution >= 4 is 24.4 Å². The van der Waals surface area contributed by atoms with E-state index >= 15 is 0 Å². The van der Waals surface area contributed by atoms with E-state index in [0.29, 0.717) is 4.62 Å². The SMILES string of the molecule is O=[Si]([O-])O[C]1=CC=[CH][Al+]1. The van der Waals surface area contributed by atoms with Crippen molar-refractivity contribution in [3.05, 3.63) is 21.7 Å². The summed E-state index contributed by atoms with van der Waals surface area (Å²) in [6.07, 6.45) is 3.48. The van der Waals surface area contributed by atoms with Gasteiger partial charge in [-0.2, -0.15) is 0 Å². The van der Waals surface area contributed by atoms with Crippen molar-refractivity contribution in [1.29, 1.82) is 0 Å². The Morgan fingerprint density at radius 1 is 1.78 bits per heavy atom. The summed E-state index contributed by atoms with van der Waals surface area (Å²) in [6, 6.07) is 0. The molecule has 0 amide bonds. The molecule has 0 aromatic heterocycles. The third-order valence-corrected chi connectivity index (χ3v) is 2.52. The molecule has 1 aliphatic heterocycles. The van der Waals surface area contributed by atoms with E-state index in [0.717, 1.165) is 0 Å². The molecule has 44 valence electrons. The summed E-state index contributed by atoms with van der Waals surface area (Å²) in [4.78, 5) is 11.9. The van der Waals surface area contributed by atoms with Gasteiger partial charge in [-0.3, -0.25) is 0 Å². The molecule has 1 heterocycles. The first-order chi connectivity index (χ1) is 4.29. The Kier molecular flexibility index (Phi) is 2.22. The van der Waals surface area contributed by atoms with Crippen LogP contribution in [0.2, 0.25) is 0 Å². The van der Waals surface area contributed by atoms with Gasteiger partial charge in [-0.1, -0.05) is 0 Å². The molecule has 3 nitrogen and oxygen atoms in total. The van der Waals surface area contributed by atoms with E-state index < -0.39 is 9.17 Å². The van der Waals surface area contributed by atoms with Gasteiger partial charge < -0.3 is 0 Å². The van der Waals surface area contributed by atoms with Crippen LogP contribution in [0.3, 0.4) is 0 Å². The Hall–Kier alpha value is -0.371. The summed E-state index contributed by atoms with van der Waals surface area (Å²) in [6.45, 7) is 0. The molecule has 0 aliphatic carbocycles.